The molecule has 0 aliphatic carbocycles. The minimum absolute atomic E-state index is 0.0290. The first-order valence-corrected chi connectivity index (χ1v) is 12.2. The van der Waals surface area contributed by atoms with Gasteiger partial charge < -0.3 is 9.80 Å². The molecule has 0 unspecified atom stereocenters. The molecule has 1 fully saturated rings. The quantitative estimate of drug-likeness (QED) is 0.643. The number of rotatable bonds is 9. The molecule has 1 N–H and O–H groups in total. The van der Waals surface area contributed by atoms with Crippen LogP contribution in [0.1, 0.15) is 50.2 Å². The lowest BCUT2D eigenvalue weighted by Crippen LogP contribution is -2.44. The van der Waals surface area contributed by atoms with Crippen molar-refractivity contribution in [2.24, 2.45) is 5.92 Å². The van der Waals surface area contributed by atoms with Gasteiger partial charge in [0, 0.05) is 45.6 Å². The third kappa shape index (κ3) is 6.54. The molecule has 1 aliphatic heterocycles. The summed E-state index contributed by atoms with van der Waals surface area (Å²) in [7, 11) is -1.80. The largest absolute Gasteiger partial charge is 0.346 e. The smallest absolute Gasteiger partial charge is 0.240 e. The van der Waals surface area contributed by atoms with Gasteiger partial charge in [-0.05, 0) is 50.3 Å². The molecule has 0 atom stereocenters. The highest BCUT2D eigenvalue weighted by molar-refractivity contribution is 7.89. The monoisotopic (exact) mass is 437 g/mol. The molecule has 1 aromatic carbocycles. The number of benzene rings is 1. The van der Waals surface area contributed by atoms with Crippen LogP contribution in [0, 0.1) is 19.8 Å². The highest BCUT2D eigenvalue weighted by Crippen LogP contribution is 2.20. The Morgan fingerprint density at radius 2 is 1.87 bits per heavy atom. The first-order valence-electron chi connectivity index (χ1n) is 10.8. The van der Waals surface area contributed by atoms with Gasteiger partial charge in [0.15, 0.2) is 0 Å². The van der Waals surface area contributed by atoms with Crippen LogP contribution in [0.4, 0.5) is 0 Å². The average Bonchev–Trinajstić information content (AvgIpc) is 2.73. The van der Waals surface area contributed by atoms with Crippen molar-refractivity contribution in [2.75, 3.05) is 33.2 Å². The SMILES string of the molecule is CCCCN(C)C(=O)C1CCN(C(=O)CCNS(=O)(=O)c2cc(C)ccc2C)CC1. The molecular formula is C22H35N3O4S. The first-order chi connectivity index (χ1) is 14.2. The molecule has 0 spiro atoms. The van der Waals surface area contributed by atoms with E-state index in [0.29, 0.717) is 31.5 Å². The van der Waals surface area contributed by atoms with E-state index >= 15 is 0 Å². The summed E-state index contributed by atoms with van der Waals surface area (Å²) in [6.07, 6.45) is 3.49. The number of nitrogens with zero attached hydrogens (tertiary/aromatic N) is 2. The molecule has 2 rings (SSSR count). The molecular weight excluding hydrogens is 402 g/mol. The molecule has 0 saturated carbocycles. The minimum Gasteiger partial charge on any atom is -0.346 e. The molecule has 168 valence electrons. The predicted molar refractivity (Wildman–Crippen MR) is 118 cm³/mol. The number of amides is 2. The van der Waals surface area contributed by atoms with Gasteiger partial charge in [0.2, 0.25) is 21.8 Å². The van der Waals surface area contributed by atoms with Gasteiger partial charge in [-0.1, -0.05) is 25.5 Å². The fourth-order valence-electron chi connectivity index (χ4n) is 3.72. The van der Waals surface area contributed by atoms with Crippen LogP contribution in [0.5, 0.6) is 0 Å². The van der Waals surface area contributed by atoms with E-state index in [-0.39, 0.29) is 35.6 Å². The second-order valence-corrected chi connectivity index (χ2v) is 9.92. The molecule has 1 aromatic rings. The summed E-state index contributed by atoms with van der Waals surface area (Å²) in [5, 5.41) is 0. The number of carbonyl (C=O) groups excluding carboxylic acids is 2. The van der Waals surface area contributed by atoms with Gasteiger partial charge in [0.25, 0.3) is 0 Å². The Bertz CT molecular complexity index is 846. The number of nitrogens with one attached hydrogen (secondary N) is 1. The van der Waals surface area contributed by atoms with E-state index in [2.05, 4.69) is 11.6 Å². The zero-order chi connectivity index (χ0) is 22.3. The molecule has 8 heteroatoms. The number of unbranched alkanes of at least 4 members (excludes halogenated alkanes) is 1. The van der Waals surface area contributed by atoms with E-state index in [1.807, 2.05) is 20.0 Å². The predicted octanol–water partition coefficient (Wildman–Crippen LogP) is 2.47. The number of hydrogen-bond acceptors (Lipinski definition) is 4. The van der Waals surface area contributed by atoms with Crippen molar-refractivity contribution in [2.45, 2.75) is 57.8 Å². The van der Waals surface area contributed by atoms with Gasteiger partial charge in [0.05, 0.1) is 4.90 Å². The summed E-state index contributed by atoms with van der Waals surface area (Å²) in [5.74, 6) is 0.0550. The van der Waals surface area contributed by atoms with Gasteiger partial charge in [-0.3, -0.25) is 9.59 Å². The van der Waals surface area contributed by atoms with Crippen LogP contribution in [-0.2, 0) is 19.6 Å². The standard InChI is InChI=1S/C22H35N3O4S/c1-5-6-13-24(4)22(27)19-10-14-25(15-11-19)21(26)9-12-23-30(28,29)20-16-17(2)7-8-18(20)3/h7-8,16,19,23H,5-6,9-15H2,1-4H3. The van der Waals surface area contributed by atoms with E-state index in [9.17, 15) is 18.0 Å². The molecule has 2 amide bonds. The Balaban J connectivity index is 1.80. The van der Waals surface area contributed by atoms with Crippen molar-refractivity contribution in [3.05, 3.63) is 29.3 Å². The third-order valence-corrected chi connectivity index (χ3v) is 7.29. The van der Waals surface area contributed by atoms with Gasteiger partial charge in [-0.15, -0.1) is 0 Å². The number of carbonyl (C=O) groups is 2. The maximum absolute atomic E-state index is 12.5. The molecule has 1 aliphatic rings. The number of piperidine rings is 1. The Morgan fingerprint density at radius 3 is 2.50 bits per heavy atom. The fraction of sp³-hybridized carbons (Fsp3) is 0.636. The topological polar surface area (TPSA) is 86.8 Å². The van der Waals surface area contributed by atoms with Crippen LogP contribution in [0.3, 0.4) is 0 Å². The molecule has 30 heavy (non-hydrogen) atoms. The Morgan fingerprint density at radius 1 is 1.20 bits per heavy atom. The van der Waals surface area contributed by atoms with Crippen LogP contribution >= 0.6 is 0 Å². The summed E-state index contributed by atoms with van der Waals surface area (Å²) >= 11 is 0. The van der Waals surface area contributed by atoms with Crippen molar-refractivity contribution in [1.82, 2.24) is 14.5 Å². The second-order valence-electron chi connectivity index (χ2n) is 8.19. The van der Waals surface area contributed by atoms with Crippen LogP contribution in [0.15, 0.2) is 23.1 Å². The highest BCUT2D eigenvalue weighted by Gasteiger charge is 2.29. The molecule has 0 aromatic heterocycles. The van der Waals surface area contributed by atoms with Crippen LogP contribution in [-0.4, -0.2) is 63.3 Å². The van der Waals surface area contributed by atoms with Crippen LogP contribution in [0.25, 0.3) is 0 Å². The van der Waals surface area contributed by atoms with Crippen molar-refractivity contribution < 1.29 is 18.0 Å². The van der Waals surface area contributed by atoms with E-state index in [0.717, 1.165) is 24.9 Å². The first kappa shape index (κ1) is 24.3. The van der Waals surface area contributed by atoms with Crippen molar-refractivity contribution in [3.8, 4) is 0 Å². The number of sulfonamides is 1. The second kappa shape index (κ2) is 10.9. The maximum atomic E-state index is 12.5. The van der Waals surface area contributed by atoms with E-state index in [1.54, 1.807) is 28.9 Å². The molecule has 0 radical (unpaired) electrons. The molecule has 0 bridgehead atoms. The summed E-state index contributed by atoms with van der Waals surface area (Å²) < 4.78 is 27.6. The average molecular weight is 438 g/mol. The van der Waals surface area contributed by atoms with Gasteiger partial charge in [-0.2, -0.15) is 0 Å². The lowest BCUT2D eigenvalue weighted by molar-refractivity contribution is -0.139. The van der Waals surface area contributed by atoms with Crippen molar-refractivity contribution in [3.63, 3.8) is 0 Å². The van der Waals surface area contributed by atoms with E-state index in [1.165, 1.54) is 0 Å². The summed E-state index contributed by atoms with van der Waals surface area (Å²) in [6, 6.07) is 5.28. The summed E-state index contributed by atoms with van der Waals surface area (Å²) in [5.41, 5.74) is 1.55. The molecule has 1 heterocycles. The zero-order valence-corrected chi connectivity index (χ0v) is 19.4. The highest BCUT2D eigenvalue weighted by atomic mass is 32.2. The van der Waals surface area contributed by atoms with Crippen molar-refractivity contribution >= 4 is 21.8 Å². The zero-order valence-electron chi connectivity index (χ0n) is 18.6. The van der Waals surface area contributed by atoms with E-state index < -0.39 is 10.0 Å². The van der Waals surface area contributed by atoms with Gasteiger partial charge in [-0.25, -0.2) is 13.1 Å². The van der Waals surface area contributed by atoms with Crippen LogP contribution in [0.2, 0.25) is 0 Å². The third-order valence-electron chi connectivity index (χ3n) is 5.68. The Labute approximate surface area is 180 Å². The fourth-order valence-corrected chi connectivity index (χ4v) is 5.08. The Hall–Kier alpha value is -1.93. The van der Waals surface area contributed by atoms with Gasteiger partial charge in [0.1, 0.15) is 0 Å². The van der Waals surface area contributed by atoms with Gasteiger partial charge >= 0.3 is 0 Å². The van der Waals surface area contributed by atoms with Crippen molar-refractivity contribution in [1.29, 1.82) is 0 Å². The minimum atomic E-state index is -3.65. The molecule has 1 saturated heterocycles. The summed E-state index contributed by atoms with van der Waals surface area (Å²) in [6.45, 7) is 7.62. The Kier molecular flexibility index (Phi) is 8.85. The summed E-state index contributed by atoms with van der Waals surface area (Å²) in [4.78, 5) is 28.8. The van der Waals surface area contributed by atoms with E-state index in [4.69, 9.17) is 0 Å². The number of aryl methyl sites for hydroxylation is 2. The molecule has 7 nitrogen and oxygen atoms in total. The lowest BCUT2D eigenvalue weighted by atomic mass is 9.95. The normalized spacial score (nSPS) is 15.3. The number of likely N-dealkylation sites (tertiary alicyclic amines) is 1. The number of hydrogen-bond donors (Lipinski definition) is 1. The lowest BCUT2D eigenvalue weighted by Gasteiger charge is -2.33. The van der Waals surface area contributed by atoms with Crippen LogP contribution < -0.4 is 4.72 Å². The maximum Gasteiger partial charge on any atom is 0.240 e.